The maximum absolute atomic E-state index is 9.92. The van der Waals surface area contributed by atoms with Gasteiger partial charge in [-0.25, -0.2) is 0 Å². The minimum Gasteiger partial charge on any atom is -0.392 e. The molecule has 0 amide bonds. The van der Waals surface area contributed by atoms with Crippen LogP contribution >= 0.6 is 11.6 Å². The van der Waals surface area contributed by atoms with Gasteiger partial charge in [0.2, 0.25) is 0 Å². The summed E-state index contributed by atoms with van der Waals surface area (Å²) in [5.74, 6) is 0. The van der Waals surface area contributed by atoms with Crippen molar-refractivity contribution < 1.29 is 5.11 Å². The third-order valence-electron chi connectivity index (χ3n) is 4.71. The molecule has 23 heavy (non-hydrogen) atoms. The number of halogens is 1. The first-order valence-electron chi connectivity index (χ1n) is 8.59. The van der Waals surface area contributed by atoms with Crippen LogP contribution in [0.1, 0.15) is 44.6 Å². The Morgan fingerprint density at radius 2 is 2.09 bits per heavy atom. The second-order valence-electron chi connectivity index (χ2n) is 6.71. The molecule has 1 atom stereocenters. The molecule has 3 nitrogen and oxygen atoms in total. The first-order chi connectivity index (χ1) is 11.1. The Bertz CT molecular complexity index is 653. The van der Waals surface area contributed by atoms with Gasteiger partial charge < -0.3 is 5.11 Å². The molecule has 1 aliphatic carbocycles. The summed E-state index contributed by atoms with van der Waals surface area (Å²) in [5.41, 5.74) is 2.17. The van der Waals surface area contributed by atoms with Crippen molar-refractivity contribution in [1.29, 1.82) is 0 Å². The van der Waals surface area contributed by atoms with E-state index in [1.54, 1.807) is 0 Å². The predicted molar refractivity (Wildman–Crippen MR) is 95.7 cm³/mol. The second kappa shape index (κ2) is 7.61. The van der Waals surface area contributed by atoms with Crippen molar-refractivity contribution in [3.8, 4) is 0 Å². The minimum atomic E-state index is -0.324. The van der Waals surface area contributed by atoms with Crippen LogP contribution in [0.5, 0.6) is 0 Å². The molecule has 2 aromatic rings. The molecule has 0 aliphatic heterocycles. The predicted octanol–water partition coefficient (Wildman–Crippen LogP) is 4.40. The van der Waals surface area contributed by atoms with Crippen LogP contribution in [-0.2, 0) is 6.54 Å². The van der Waals surface area contributed by atoms with Gasteiger partial charge in [0.15, 0.2) is 0 Å². The van der Waals surface area contributed by atoms with Gasteiger partial charge in [-0.1, -0.05) is 36.9 Å². The van der Waals surface area contributed by atoms with Crippen molar-refractivity contribution in [2.45, 2.75) is 57.7 Å². The van der Waals surface area contributed by atoms with Crippen molar-refractivity contribution in [3.63, 3.8) is 0 Å². The fraction of sp³-hybridized carbons (Fsp3) is 0.526. The Labute approximate surface area is 143 Å². The summed E-state index contributed by atoms with van der Waals surface area (Å²) < 4.78 is 0. The van der Waals surface area contributed by atoms with Gasteiger partial charge in [0.1, 0.15) is 0 Å². The molecule has 1 fully saturated rings. The van der Waals surface area contributed by atoms with Crippen molar-refractivity contribution in [1.82, 2.24) is 9.88 Å². The fourth-order valence-corrected chi connectivity index (χ4v) is 3.94. The molecule has 0 saturated heterocycles. The lowest BCUT2D eigenvalue weighted by atomic mass is 9.93. The summed E-state index contributed by atoms with van der Waals surface area (Å²) in [7, 11) is 0. The average molecular weight is 333 g/mol. The van der Waals surface area contributed by atoms with Crippen LogP contribution < -0.4 is 0 Å². The molecule has 1 N–H and O–H groups in total. The van der Waals surface area contributed by atoms with E-state index in [2.05, 4.69) is 16.0 Å². The molecule has 4 heteroatoms. The van der Waals surface area contributed by atoms with Gasteiger partial charge in [-0.2, -0.15) is 0 Å². The van der Waals surface area contributed by atoms with E-state index in [9.17, 15) is 5.11 Å². The number of fused-ring (bicyclic) bond motifs is 1. The third-order valence-corrected chi connectivity index (χ3v) is 4.93. The second-order valence-corrected chi connectivity index (χ2v) is 7.15. The smallest absolute Gasteiger partial charge is 0.0747 e. The van der Waals surface area contributed by atoms with E-state index in [0.717, 1.165) is 28.0 Å². The molecular weight excluding hydrogens is 308 g/mol. The molecule has 1 unspecified atom stereocenters. The normalized spacial score (nSPS) is 17.7. The van der Waals surface area contributed by atoms with Crippen molar-refractivity contribution >= 4 is 22.5 Å². The van der Waals surface area contributed by atoms with Gasteiger partial charge in [0.25, 0.3) is 0 Å². The molecule has 0 bridgehead atoms. The molecule has 1 aromatic carbocycles. The molecule has 0 radical (unpaired) electrons. The zero-order valence-corrected chi connectivity index (χ0v) is 14.5. The maximum atomic E-state index is 9.92. The highest BCUT2D eigenvalue weighted by Gasteiger charge is 2.23. The topological polar surface area (TPSA) is 36.4 Å². The van der Waals surface area contributed by atoms with Gasteiger partial charge in [-0.05, 0) is 43.5 Å². The van der Waals surface area contributed by atoms with Crippen LogP contribution in [0.25, 0.3) is 10.9 Å². The van der Waals surface area contributed by atoms with Gasteiger partial charge in [-0.15, -0.1) is 0 Å². The molecule has 0 spiro atoms. The van der Waals surface area contributed by atoms with Crippen LogP contribution in [0.15, 0.2) is 30.5 Å². The lowest BCUT2D eigenvalue weighted by Crippen LogP contribution is -2.40. The van der Waals surface area contributed by atoms with Crippen LogP contribution in [0, 0.1) is 0 Å². The minimum absolute atomic E-state index is 0.324. The van der Waals surface area contributed by atoms with Crippen LogP contribution in [0.2, 0.25) is 5.02 Å². The van der Waals surface area contributed by atoms with Crippen LogP contribution in [0.4, 0.5) is 0 Å². The van der Waals surface area contributed by atoms with E-state index in [4.69, 9.17) is 11.6 Å². The Morgan fingerprint density at radius 1 is 1.30 bits per heavy atom. The molecule has 3 rings (SSSR count). The van der Waals surface area contributed by atoms with Crippen molar-refractivity contribution in [3.05, 3.63) is 41.0 Å². The average Bonchev–Trinajstić information content (AvgIpc) is 2.54. The molecule has 124 valence electrons. The highest BCUT2D eigenvalue weighted by Crippen LogP contribution is 2.28. The Morgan fingerprint density at radius 3 is 2.83 bits per heavy atom. The van der Waals surface area contributed by atoms with Gasteiger partial charge in [0, 0.05) is 35.7 Å². The number of benzene rings is 1. The first kappa shape index (κ1) is 16.7. The fourth-order valence-electron chi connectivity index (χ4n) is 3.70. The molecule has 1 heterocycles. The SMILES string of the molecule is CC(O)CN(Cc1cc(Cl)cc2cccnc12)C1CCCCC1. The number of hydrogen-bond acceptors (Lipinski definition) is 3. The lowest BCUT2D eigenvalue weighted by Gasteiger charge is -2.35. The number of aliphatic hydroxyl groups excluding tert-OH is 1. The lowest BCUT2D eigenvalue weighted by molar-refractivity contribution is 0.0771. The number of aliphatic hydroxyl groups is 1. The standard InChI is InChI=1S/C19H25ClN2O/c1-14(23)12-22(18-7-3-2-4-8-18)13-16-11-17(20)10-15-6-5-9-21-19(15)16/h5-6,9-11,14,18,23H,2-4,7-8,12-13H2,1H3. The Hall–Kier alpha value is -1.16. The summed E-state index contributed by atoms with van der Waals surface area (Å²) in [5, 5.41) is 11.7. The molecule has 1 saturated carbocycles. The summed E-state index contributed by atoms with van der Waals surface area (Å²) >= 11 is 6.30. The molecular formula is C19H25ClN2O. The Balaban J connectivity index is 1.89. The van der Waals surface area contributed by atoms with E-state index in [1.807, 2.05) is 31.3 Å². The van der Waals surface area contributed by atoms with Crippen molar-refractivity contribution in [2.75, 3.05) is 6.54 Å². The van der Waals surface area contributed by atoms with Gasteiger partial charge in [-0.3, -0.25) is 9.88 Å². The number of pyridine rings is 1. The van der Waals surface area contributed by atoms with Gasteiger partial charge in [0.05, 0.1) is 11.6 Å². The van der Waals surface area contributed by atoms with E-state index in [1.165, 1.54) is 32.1 Å². The first-order valence-corrected chi connectivity index (χ1v) is 8.96. The number of rotatable bonds is 5. The number of nitrogens with zero attached hydrogens (tertiary/aromatic N) is 2. The quantitative estimate of drug-likeness (QED) is 0.881. The van der Waals surface area contributed by atoms with E-state index in [-0.39, 0.29) is 6.10 Å². The Kier molecular flexibility index (Phi) is 5.52. The number of aromatic nitrogens is 1. The third kappa shape index (κ3) is 4.23. The zero-order chi connectivity index (χ0) is 16.2. The zero-order valence-electron chi connectivity index (χ0n) is 13.7. The summed E-state index contributed by atoms with van der Waals surface area (Å²) in [6, 6.07) is 8.53. The van der Waals surface area contributed by atoms with Gasteiger partial charge >= 0.3 is 0 Å². The molecule has 1 aromatic heterocycles. The number of hydrogen-bond donors (Lipinski definition) is 1. The van der Waals surface area contributed by atoms with E-state index < -0.39 is 0 Å². The summed E-state index contributed by atoms with van der Waals surface area (Å²) in [6.45, 7) is 3.36. The van der Waals surface area contributed by atoms with Crippen molar-refractivity contribution in [2.24, 2.45) is 0 Å². The van der Waals surface area contributed by atoms with E-state index >= 15 is 0 Å². The highest BCUT2D eigenvalue weighted by molar-refractivity contribution is 6.31. The van der Waals surface area contributed by atoms with Crippen LogP contribution in [-0.4, -0.2) is 33.7 Å². The van der Waals surface area contributed by atoms with E-state index in [0.29, 0.717) is 12.6 Å². The largest absolute Gasteiger partial charge is 0.392 e. The van der Waals surface area contributed by atoms with Crippen LogP contribution in [0.3, 0.4) is 0 Å². The maximum Gasteiger partial charge on any atom is 0.0747 e. The molecule has 1 aliphatic rings. The monoisotopic (exact) mass is 332 g/mol. The summed E-state index contributed by atoms with van der Waals surface area (Å²) in [4.78, 5) is 6.97. The summed E-state index contributed by atoms with van der Waals surface area (Å²) in [6.07, 6.45) is 7.86. The highest BCUT2D eigenvalue weighted by atomic mass is 35.5.